The van der Waals surface area contributed by atoms with Gasteiger partial charge in [-0.25, -0.2) is 0 Å². The minimum atomic E-state index is 0.257. The zero-order valence-electron chi connectivity index (χ0n) is 13.7. The van der Waals surface area contributed by atoms with Crippen LogP contribution in [0.25, 0.3) is 39.2 Å². The molecule has 0 aliphatic heterocycles. The van der Waals surface area contributed by atoms with Crippen molar-refractivity contribution < 1.29 is 5.11 Å². The number of hydrogen-bond donors (Lipinski definition) is 1. The molecular weight excluding hydrogens is 306 g/mol. The first-order valence-corrected chi connectivity index (χ1v) is 8.17. The number of benzene rings is 3. The average molecular weight is 323 g/mol. The third kappa shape index (κ3) is 2.58. The number of hydrogen-bond acceptors (Lipinski definition) is 2. The lowest BCUT2D eigenvalue weighted by Crippen LogP contribution is -1.91. The van der Waals surface area contributed by atoms with Crippen molar-refractivity contribution in [3.8, 4) is 28.0 Å². The molecule has 4 rings (SSSR count). The molecule has 0 amide bonds. The molecule has 1 aromatic heterocycles. The van der Waals surface area contributed by atoms with Crippen molar-refractivity contribution >= 4 is 17.0 Å². The van der Waals surface area contributed by atoms with Crippen molar-refractivity contribution in [2.75, 3.05) is 0 Å². The van der Waals surface area contributed by atoms with E-state index in [1.165, 1.54) is 0 Å². The molecule has 1 heterocycles. The minimum absolute atomic E-state index is 0.257. The van der Waals surface area contributed by atoms with Gasteiger partial charge in [-0.05, 0) is 40.5 Å². The molecule has 2 nitrogen and oxygen atoms in total. The minimum Gasteiger partial charge on any atom is -0.507 e. The summed E-state index contributed by atoms with van der Waals surface area (Å²) in [4.78, 5) is 4.44. The second kappa shape index (κ2) is 6.25. The van der Waals surface area contributed by atoms with Gasteiger partial charge in [-0.3, -0.25) is 4.98 Å². The molecule has 0 radical (unpaired) electrons. The van der Waals surface area contributed by atoms with Crippen LogP contribution in [0.1, 0.15) is 5.56 Å². The van der Waals surface area contributed by atoms with Crippen LogP contribution in [0.15, 0.2) is 85.6 Å². The largest absolute Gasteiger partial charge is 0.507 e. The molecule has 0 aliphatic rings. The molecule has 0 bridgehead atoms. The summed E-state index contributed by atoms with van der Waals surface area (Å²) in [5.74, 6) is 0.257. The summed E-state index contributed by atoms with van der Waals surface area (Å²) in [5.41, 5.74) is 5.75. The van der Waals surface area contributed by atoms with E-state index in [4.69, 9.17) is 0 Å². The van der Waals surface area contributed by atoms with E-state index >= 15 is 0 Å². The molecule has 0 saturated heterocycles. The summed E-state index contributed by atoms with van der Waals surface area (Å²) in [6.45, 7) is 3.92. The first-order valence-electron chi connectivity index (χ1n) is 8.17. The number of rotatable bonds is 3. The van der Waals surface area contributed by atoms with Gasteiger partial charge in [-0.15, -0.1) is 0 Å². The molecule has 120 valence electrons. The highest BCUT2D eigenvalue weighted by molar-refractivity contribution is 6.01. The van der Waals surface area contributed by atoms with Gasteiger partial charge in [0, 0.05) is 17.1 Å². The second-order valence-corrected chi connectivity index (χ2v) is 5.87. The van der Waals surface area contributed by atoms with Gasteiger partial charge in [0.15, 0.2) is 0 Å². The quantitative estimate of drug-likeness (QED) is 0.508. The molecule has 0 spiro atoms. The Balaban J connectivity index is 2.08. The van der Waals surface area contributed by atoms with Crippen LogP contribution < -0.4 is 0 Å². The molecule has 0 aliphatic carbocycles. The van der Waals surface area contributed by atoms with E-state index in [1.807, 2.05) is 66.7 Å². The Kier molecular flexibility index (Phi) is 3.79. The number of aromatic hydroxyl groups is 1. The van der Waals surface area contributed by atoms with Gasteiger partial charge in [0.05, 0.1) is 5.52 Å². The Morgan fingerprint density at radius 3 is 2.40 bits per heavy atom. The van der Waals surface area contributed by atoms with Crippen molar-refractivity contribution in [2.45, 2.75) is 0 Å². The average Bonchev–Trinajstić information content (AvgIpc) is 2.67. The number of fused-ring (bicyclic) bond motifs is 1. The zero-order valence-corrected chi connectivity index (χ0v) is 13.7. The van der Waals surface area contributed by atoms with Crippen molar-refractivity contribution in [1.29, 1.82) is 0 Å². The van der Waals surface area contributed by atoms with Crippen molar-refractivity contribution in [3.63, 3.8) is 0 Å². The fraction of sp³-hybridized carbons (Fsp3) is 0. The second-order valence-electron chi connectivity index (χ2n) is 5.87. The van der Waals surface area contributed by atoms with Crippen LogP contribution in [0.3, 0.4) is 0 Å². The Morgan fingerprint density at radius 2 is 1.52 bits per heavy atom. The van der Waals surface area contributed by atoms with Crippen molar-refractivity contribution in [2.24, 2.45) is 0 Å². The molecule has 1 N–H and O–H groups in total. The van der Waals surface area contributed by atoms with Crippen LogP contribution >= 0.6 is 0 Å². The lowest BCUT2D eigenvalue weighted by Gasteiger charge is -2.15. The molecule has 0 atom stereocenters. The van der Waals surface area contributed by atoms with Crippen LogP contribution in [-0.2, 0) is 0 Å². The summed E-state index contributed by atoms with van der Waals surface area (Å²) < 4.78 is 0. The maximum atomic E-state index is 10.7. The maximum Gasteiger partial charge on any atom is 0.124 e. The molecule has 4 aromatic rings. The van der Waals surface area contributed by atoms with Gasteiger partial charge in [0.2, 0.25) is 0 Å². The number of para-hydroxylation sites is 1. The third-order valence-electron chi connectivity index (χ3n) is 4.43. The van der Waals surface area contributed by atoms with E-state index in [0.717, 1.165) is 38.7 Å². The van der Waals surface area contributed by atoms with Crippen molar-refractivity contribution in [3.05, 3.63) is 91.1 Å². The van der Waals surface area contributed by atoms with E-state index in [2.05, 4.69) is 17.6 Å². The van der Waals surface area contributed by atoms with Gasteiger partial charge >= 0.3 is 0 Å². The highest BCUT2D eigenvalue weighted by Gasteiger charge is 2.16. The fourth-order valence-corrected chi connectivity index (χ4v) is 3.28. The zero-order chi connectivity index (χ0) is 17.2. The molecule has 0 saturated carbocycles. The normalized spacial score (nSPS) is 10.7. The van der Waals surface area contributed by atoms with Gasteiger partial charge in [-0.1, -0.05) is 67.3 Å². The predicted octanol–water partition coefficient (Wildman–Crippen LogP) is 5.92. The number of pyridine rings is 1. The molecular formula is C23H17NO. The van der Waals surface area contributed by atoms with E-state index in [9.17, 15) is 5.11 Å². The topological polar surface area (TPSA) is 33.1 Å². The fourth-order valence-electron chi connectivity index (χ4n) is 3.28. The van der Waals surface area contributed by atoms with Crippen LogP contribution in [0.4, 0.5) is 0 Å². The van der Waals surface area contributed by atoms with Gasteiger partial charge in [0.1, 0.15) is 5.75 Å². The highest BCUT2D eigenvalue weighted by Crippen LogP contribution is 2.42. The lowest BCUT2D eigenvalue weighted by molar-refractivity contribution is 0.477. The highest BCUT2D eigenvalue weighted by atomic mass is 16.3. The Hall–Kier alpha value is -3.39. The molecule has 25 heavy (non-hydrogen) atoms. The predicted molar refractivity (Wildman–Crippen MR) is 104 cm³/mol. The van der Waals surface area contributed by atoms with Gasteiger partial charge < -0.3 is 5.11 Å². The molecule has 3 aromatic carbocycles. The summed E-state index contributed by atoms with van der Waals surface area (Å²) in [6.07, 6.45) is 3.63. The van der Waals surface area contributed by atoms with Crippen LogP contribution in [0.2, 0.25) is 0 Å². The van der Waals surface area contributed by atoms with Crippen molar-refractivity contribution in [1.82, 2.24) is 4.98 Å². The van der Waals surface area contributed by atoms with Gasteiger partial charge in [-0.2, -0.15) is 0 Å². The number of phenolic OH excluding ortho intramolecular Hbond substituents is 1. The van der Waals surface area contributed by atoms with E-state index in [-0.39, 0.29) is 5.75 Å². The maximum absolute atomic E-state index is 10.7. The summed E-state index contributed by atoms with van der Waals surface area (Å²) in [5, 5.41) is 11.7. The van der Waals surface area contributed by atoms with E-state index < -0.39 is 0 Å². The SMILES string of the molecule is C=Cc1ccccc1-c1cccc(O)c1-c1ccnc2ccccc12. The summed E-state index contributed by atoms with van der Waals surface area (Å²) in [7, 11) is 0. The lowest BCUT2D eigenvalue weighted by atomic mass is 9.90. The number of phenols is 1. The Morgan fingerprint density at radius 1 is 0.760 bits per heavy atom. The smallest absolute Gasteiger partial charge is 0.124 e. The summed E-state index contributed by atoms with van der Waals surface area (Å²) in [6, 6.07) is 23.6. The molecule has 0 fully saturated rings. The number of nitrogens with zero attached hydrogens (tertiary/aromatic N) is 1. The standard InChI is InChI=1S/C23H17NO/c1-2-16-8-3-4-9-17(16)19-11-7-13-22(25)23(19)20-14-15-24-21-12-6-5-10-18(20)21/h2-15,25H,1H2. The Bertz CT molecular complexity index is 1080. The van der Waals surface area contributed by atoms with Crippen LogP contribution in [0, 0.1) is 0 Å². The first-order chi connectivity index (χ1) is 12.3. The van der Waals surface area contributed by atoms with Crippen LogP contribution in [-0.4, -0.2) is 10.1 Å². The summed E-state index contributed by atoms with van der Waals surface area (Å²) >= 11 is 0. The molecule has 2 heteroatoms. The monoisotopic (exact) mass is 323 g/mol. The first kappa shape index (κ1) is 15.2. The Labute approximate surface area is 146 Å². The van der Waals surface area contributed by atoms with E-state index in [0.29, 0.717) is 0 Å². The molecule has 0 unspecified atom stereocenters. The third-order valence-corrected chi connectivity index (χ3v) is 4.43. The number of aromatic nitrogens is 1. The van der Waals surface area contributed by atoms with Crippen LogP contribution in [0.5, 0.6) is 5.75 Å². The van der Waals surface area contributed by atoms with E-state index in [1.54, 1.807) is 12.3 Å². The van der Waals surface area contributed by atoms with Gasteiger partial charge in [0.25, 0.3) is 0 Å².